The van der Waals surface area contributed by atoms with Gasteiger partial charge in [-0.05, 0) is 20.8 Å². The number of nitrogens with zero attached hydrogens (tertiary/aromatic N) is 3. The van der Waals surface area contributed by atoms with Gasteiger partial charge in [-0.3, -0.25) is 9.79 Å². The summed E-state index contributed by atoms with van der Waals surface area (Å²) >= 11 is 0. The van der Waals surface area contributed by atoms with E-state index in [4.69, 9.17) is 4.42 Å². The number of guanidine groups is 1. The monoisotopic (exact) mass is 465 g/mol. The molecule has 8 heteroatoms. The van der Waals surface area contributed by atoms with Crippen LogP contribution in [0.15, 0.2) is 15.6 Å². The number of amides is 1. The van der Waals surface area contributed by atoms with Crippen LogP contribution in [0.1, 0.15) is 53.2 Å². The van der Waals surface area contributed by atoms with E-state index in [-0.39, 0.29) is 47.4 Å². The Hall–Kier alpha value is -1.32. The van der Waals surface area contributed by atoms with Gasteiger partial charge in [0.25, 0.3) is 0 Å². The molecule has 1 aromatic heterocycles. The molecule has 2 N–H and O–H groups in total. The molecule has 0 fully saturated rings. The van der Waals surface area contributed by atoms with Crippen LogP contribution in [0.25, 0.3) is 0 Å². The molecule has 0 unspecified atom stereocenters. The van der Waals surface area contributed by atoms with E-state index < -0.39 is 0 Å². The minimum absolute atomic E-state index is 0. The van der Waals surface area contributed by atoms with E-state index in [1.54, 1.807) is 18.1 Å². The fourth-order valence-corrected chi connectivity index (χ4v) is 2.03. The molecule has 1 heterocycles. The first kappa shape index (κ1) is 23.7. The van der Waals surface area contributed by atoms with Crippen molar-refractivity contribution >= 4 is 35.8 Å². The highest BCUT2D eigenvalue weighted by atomic mass is 127. The highest BCUT2D eigenvalue weighted by molar-refractivity contribution is 14.0. The zero-order chi connectivity index (χ0) is 18.5. The van der Waals surface area contributed by atoms with Crippen molar-refractivity contribution in [2.45, 2.75) is 59.0 Å². The minimum atomic E-state index is -0.254. The van der Waals surface area contributed by atoms with Gasteiger partial charge in [0.15, 0.2) is 5.96 Å². The standard InChI is InChI=1S/C17H31N5O2.HI/c1-16(2,3)12-9-19-14(24-12)10-20-15(18-7)22(8)11-13(23)21-17(4,5)6;/h9H,10-11H2,1-8H3,(H,18,20)(H,21,23);1H. The lowest BCUT2D eigenvalue weighted by Gasteiger charge is -2.25. The van der Waals surface area contributed by atoms with Gasteiger partial charge in [0, 0.05) is 25.0 Å². The summed E-state index contributed by atoms with van der Waals surface area (Å²) in [5, 5.41) is 6.09. The zero-order valence-corrected chi connectivity index (χ0v) is 18.9. The molecule has 0 saturated carbocycles. The molecule has 0 spiro atoms. The first-order chi connectivity index (χ1) is 10.9. The maximum Gasteiger partial charge on any atom is 0.240 e. The van der Waals surface area contributed by atoms with E-state index in [9.17, 15) is 4.79 Å². The van der Waals surface area contributed by atoms with E-state index in [0.29, 0.717) is 18.4 Å². The van der Waals surface area contributed by atoms with Crippen LogP contribution in [-0.4, -0.2) is 47.9 Å². The predicted octanol–water partition coefficient (Wildman–Crippen LogP) is 2.51. The van der Waals surface area contributed by atoms with Crippen molar-refractivity contribution in [3.05, 3.63) is 17.8 Å². The van der Waals surface area contributed by atoms with Gasteiger partial charge in [-0.2, -0.15) is 0 Å². The molecule has 0 aromatic carbocycles. The van der Waals surface area contributed by atoms with E-state index >= 15 is 0 Å². The Morgan fingerprint density at radius 1 is 1.28 bits per heavy atom. The number of hydrogen-bond donors (Lipinski definition) is 2. The summed E-state index contributed by atoms with van der Waals surface area (Å²) in [4.78, 5) is 22.2. The van der Waals surface area contributed by atoms with Gasteiger partial charge >= 0.3 is 0 Å². The Kier molecular flexibility index (Phi) is 8.90. The maximum absolute atomic E-state index is 12.0. The Labute approximate surface area is 168 Å². The third-order valence-corrected chi connectivity index (χ3v) is 3.16. The first-order valence-electron chi connectivity index (χ1n) is 8.10. The van der Waals surface area contributed by atoms with Crippen LogP contribution < -0.4 is 10.6 Å². The summed E-state index contributed by atoms with van der Waals surface area (Å²) in [7, 11) is 3.49. The van der Waals surface area contributed by atoms with Gasteiger partial charge in [-0.15, -0.1) is 24.0 Å². The number of halogens is 1. The smallest absolute Gasteiger partial charge is 0.240 e. The van der Waals surface area contributed by atoms with Crippen molar-refractivity contribution in [3.8, 4) is 0 Å². The molecule has 0 atom stereocenters. The topological polar surface area (TPSA) is 82.8 Å². The third-order valence-electron chi connectivity index (χ3n) is 3.16. The molecule has 1 aromatic rings. The number of aliphatic imine (C=N–C) groups is 1. The Morgan fingerprint density at radius 3 is 2.32 bits per heavy atom. The SMILES string of the molecule is CN=C(NCc1ncc(C(C)(C)C)o1)N(C)CC(=O)NC(C)(C)C.I. The molecular weight excluding hydrogens is 433 g/mol. The van der Waals surface area contributed by atoms with Gasteiger partial charge in [-0.1, -0.05) is 20.8 Å². The van der Waals surface area contributed by atoms with Gasteiger partial charge in [0.2, 0.25) is 11.8 Å². The average molecular weight is 465 g/mol. The summed E-state index contributed by atoms with van der Waals surface area (Å²) in [6.45, 7) is 12.7. The highest BCUT2D eigenvalue weighted by Crippen LogP contribution is 2.22. The van der Waals surface area contributed by atoms with Crippen LogP contribution in [0.4, 0.5) is 0 Å². The lowest BCUT2D eigenvalue weighted by molar-refractivity contribution is -0.122. The van der Waals surface area contributed by atoms with E-state index in [1.807, 2.05) is 27.8 Å². The van der Waals surface area contributed by atoms with Crippen LogP contribution in [0.5, 0.6) is 0 Å². The lowest BCUT2D eigenvalue weighted by atomic mass is 9.94. The minimum Gasteiger partial charge on any atom is -0.443 e. The number of nitrogens with one attached hydrogen (secondary N) is 2. The molecule has 0 aliphatic carbocycles. The lowest BCUT2D eigenvalue weighted by Crippen LogP contribution is -2.48. The van der Waals surface area contributed by atoms with Gasteiger partial charge in [0.1, 0.15) is 5.76 Å². The number of aromatic nitrogens is 1. The molecular formula is C17H32IN5O2. The summed E-state index contributed by atoms with van der Waals surface area (Å²) in [6.07, 6.45) is 1.75. The van der Waals surface area contributed by atoms with Crippen LogP contribution in [0.3, 0.4) is 0 Å². The second kappa shape index (κ2) is 9.40. The van der Waals surface area contributed by atoms with Crippen molar-refractivity contribution in [1.82, 2.24) is 20.5 Å². The molecule has 0 bridgehead atoms. The molecule has 1 amide bonds. The molecule has 0 aliphatic heterocycles. The van der Waals surface area contributed by atoms with Crippen LogP contribution in [0.2, 0.25) is 0 Å². The number of carbonyl (C=O) groups is 1. The molecule has 0 saturated heterocycles. The molecule has 25 heavy (non-hydrogen) atoms. The zero-order valence-electron chi connectivity index (χ0n) is 16.6. The van der Waals surface area contributed by atoms with Crippen molar-refractivity contribution in [3.63, 3.8) is 0 Å². The fourth-order valence-electron chi connectivity index (χ4n) is 2.03. The Bertz CT molecular complexity index is 585. The maximum atomic E-state index is 12.0. The van der Waals surface area contributed by atoms with Gasteiger partial charge in [0.05, 0.1) is 19.3 Å². The van der Waals surface area contributed by atoms with Gasteiger partial charge in [-0.25, -0.2) is 4.98 Å². The Balaban J connectivity index is 0.00000576. The number of hydrogen-bond acceptors (Lipinski definition) is 4. The molecule has 144 valence electrons. The quantitative estimate of drug-likeness (QED) is 0.406. The largest absolute Gasteiger partial charge is 0.443 e. The number of carbonyl (C=O) groups excluding carboxylic acids is 1. The van der Waals surface area contributed by atoms with Crippen LogP contribution in [-0.2, 0) is 16.8 Å². The van der Waals surface area contributed by atoms with Crippen LogP contribution >= 0.6 is 24.0 Å². The van der Waals surface area contributed by atoms with Crippen molar-refractivity contribution in [1.29, 1.82) is 0 Å². The fraction of sp³-hybridized carbons (Fsp3) is 0.706. The number of oxazole rings is 1. The van der Waals surface area contributed by atoms with Crippen LogP contribution in [0, 0.1) is 0 Å². The first-order valence-corrected chi connectivity index (χ1v) is 8.10. The predicted molar refractivity (Wildman–Crippen MR) is 111 cm³/mol. The molecule has 0 aliphatic rings. The van der Waals surface area contributed by atoms with Crippen molar-refractivity contribution in [2.24, 2.45) is 4.99 Å². The highest BCUT2D eigenvalue weighted by Gasteiger charge is 2.20. The summed E-state index contributed by atoms with van der Waals surface area (Å²) < 4.78 is 5.74. The molecule has 0 radical (unpaired) electrons. The van der Waals surface area contributed by atoms with E-state index in [0.717, 1.165) is 5.76 Å². The number of likely N-dealkylation sites (N-methyl/N-ethyl adjacent to an activating group) is 1. The third kappa shape index (κ3) is 8.55. The average Bonchev–Trinajstić information content (AvgIpc) is 2.85. The molecule has 1 rings (SSSR count). The van der Waals surface area contributed by atoms with Gasteiger partial charge < -0.3 is 20.0 Å². The summed E-state index contributed by atoms with van der Waals surface area (Å²) in [6, 6.07) is 0. The van der Waals surface area contributed by atoms with E-state index in [2.05, 4.69) is 41.4 Å². The summed E-state index contributed by atoms with van der Waals surface area (Å²) in [5.41, 5.74) is -0.328. The van der Waals surface area contributed by atoms with E-state index in [1.165, 1.54) is 0 Å². The second-order valence-electron chi connectivity index (χ2n) is 7.92. The summed E-state index contributed by atoms with van der Waals surface area (Å²) in [5.74, 6) is 1.98. The normalized spacial score (nSPS) is 12.4. The Morgan fingerprint density at radius 2 is 1.88 bits per heavy atom. The second-order valence-corrected chi connectivity index (χ2v) is 7.92. The van der Waals surface area contributed by atoms with Crippen molar-refractivity contribution in [2.75, 3.05) is 20.6 Å². The van der Waals surface area contributed by atoms with Crippen molar-refractivity contribution < 1.29 is 9.21 Å². The molecule has 7 nitrogen and oxygen atoms in total. The number of rotatable bonds is 4.